The van der Waals surface area contributed by atoms with Gasteiger partial charge in [0, 0.05) is 0 Å². The molecule has 0 aliphatic rings. The fourth-order valence-electron chi connectivity index (χ4n) is 2.43. The van der Waals surface area contributed by atoms with Crippen LogP contribution in [0.5, 0.6) is 0 Å². The van der Waals surface area contributed by atoms with Crippen molar-refractivity contribution in [2.75, 3.05) is 13.2 Å². The van der Waals surface area contributed by atoms with Crippen LogP contribution in [0.2, 0.25) is 0 Å². The first-order valence-electron chi connectivity index (χ1n) is 7.25. The first-order chi connectivity index (χ1) is 10.1. The fourth-order valence-corrected chi connectivity index (χ4v) is 2.43. The number of ether oxygens (including phenoxy) is 1. The first kappa shape index (κ1) is 15.7. The van der Waals surface area contributed by atoms with Gasteiger partial charge in [0.25, 0.3) is 0 Å². The van der Waals surface area contributed by atoms with Crippen LogP contribution < -0.4 is 5.73 Å². The SMILES string of the molecule is Cc1cccc(COCC(O)(CCN)c2ccccc2)c1. The van der Waals surface area contributed by atoms with Gasteiger partial charge in [0.1, 0.15) is 5.60 Å². The van der Waals surface area contributed by atoms with E-state index in [0.29, 0.717) is 19.6 Å². The average molecular weight is 285 g/mol. The Labute approximate surface area is 126 Å². The van der Waals surface area contributed by atoms with Gasteiger partial charge in [0.15, 0.2) is 0 Å². The molecule has 0 aromatic heterocycles. The number of nitrogens with two attached hydrogens (primary N) is 1. The van der Waals surface area contributed by atoms with Crippen LogP contribution in [0.15, 0.2) is 54.6 Å². The van der Waals surface area contributed by atoms with Gasteiger partial charge < -0.3 is 15.6 Å². The minimum atomic E-state index is -1.03. The minimum absolute atomic E-state index is 0.238. The van der Waals surface area contributed by atoms with Crippen molar-refractivity contribution in [3.8, 4) is 0 Å². The normalized spacial score (nSPS) is 13.9. The van der Waals surface area contributed by atoms with Crippen molar-refractivity contribution >= 4 is 0 Å². The molecule has 0 saturated heterocycles. The monoisotopic (exact) mass is 285 g/mol. The number of benzene rings is 2. The van der Waals surface area contributed by atoms with Crippen LogP contribution in [0.25, 0.3) is 0 Å². The summed E-state index contributed by atoms with van der Waals surface area (Å²) >= 11 is 0. The number of rotatable bonds is 7. The van der Waals surface area contributed by atoms with E-state index in [1.54, 1.807) is 0 Å². The van der Waals surface area contributed by atoms with Crippen LogP contribution in [0.4, 0.5) is 0 Å². The largest absolute Gasteiger partial charge is 0.383 e. The zero-order chi connectivity index (χ0) is 15.1. The van der Waals surface area contributed by atoms with E-state index in [0.717, 1.165) is 11.1 Å². The van der Waals surface area contributed by atoms with Crippen LogP contribution in [0, 0.1) is 6.92 Å². The molecule has 0 fully saturated rings. The van der Waals surface area contributed by atoms with E-state index in [1.807, 2.05) is 42.5 Å². The molecular weight excluding hydrogens is 262 g/mol. The Kier molecular flexibility index (Phi) is 5.51. The van der Waals surface area contributed by atoms with E-state index in [4.69, 9.17) is 10.5 Å². The van der Waals surface area contributed by atoms with Crippen molar-refractivity contribution in [2.24, 2.45) is 5.73 Å². The van der Waals surface area contributed by atoms with Gasteiger partial charge in [-0.05, 0) is 31.0 Å². The molecule has 3 N–H and O–H groups in total. The molecule has 2 aromatic rings. The van der Waals surface area contributed by atoms with Gasteiger partial charge in [-0.3, -0.25) is 0 Å². The Hall–Kier alpha value is -1.68. The Bertz CT molecular complexity index is 556. The molecule has 1 unspecified atom stereocenters. The maximum Gasteiger partial charge on any atom is 0.114 e. The van der Waals surface area contributed by atoms with E-state index in [9.17, 15) is 5.11 Å². The molecule has 0 bridgehead atoms. The van der Waals surface area contributed by atoms with Crippen LogP contribution >= 0.6 is 0 Å². The topological polar surface area (TPSA) is 55.5 Å². The van der Waals surface area contributed by atoms with E-state index in [2.05, 4.69) is 19.1 Å². The number of aliphatic hydroxyl groups is 1. The van der Waals surface area contributed by atoms with Crippen molar-refractivity contribution in [3.63, 3.8) is 0 Å². The van der Waals surface area contributed by atoms with Gasteiger partial charge in [-0.25, -0.2) is 0 Å². The predicted molar refractivity (Wildman–Crippen MR) is 84.8 cm³/mol. The maximum absolute atomic E-state index is 10.8. The van der Waals surface area contributed by atoms with E-state index in [-0.39, 0.29) is 6.61 Å². The van der Waals surface area contributed by atoms with Gasteiger partial charge in [-0.15, -0.1) is 0 Å². The molecule has 1 atom stereocenters. The van der Waals surface area contributed by atoms with Crippen LogP contribution in [-0.4, -0.2) is 18.3 Å². The summed E-state index contributed by atoms with van der Waals surface area (Å²) in [6.45, 7) is 3.20. The molecule has 21 heavy (non-hydrogen) atoms. The Morgan fingerprint density at radius 1 is 1.10 bits per heavy atom. The molecule has 0 radical (unpaired) electrons. The van der Waals surface area contributed by atoms with Crippen LogP contribution in [-0.2, 0) is 16.9 Å². The van der Waals surface area contributed by atoms with Gasteiger partial charge in [-0.2, -0.15) is 0 Å². The molecule has 0 aliphatic carbocycles. The summed E-state index contributed by atoms with van der Waals surface area (Å²) in [5.41, 5.74) is 7.77. The zero-order valence-electron chi connectivity index (χ0n) is 12.5. The number of hydrogen-bond acceptors (Lipinski definition) is 3. The van der Waals surface area contributed by atoms with Gasteiger partial charge >= 0.3 is 0 Å². The lowest BCUT2D eigenvalue weighted by molar-refractivity contribution is -0.0602. The highest BCUT2D eigenvalue weighted by molar-refractivity contribution is 5.23. The van der Waals surface area contributed by atoms with Crippen LogP contribution in [0.3, 0.4) is 0 Å². The highest BCUT2D eigenvalue weighted by Crippen LogP contribution is 2.25. The summed E-state index contributed by atoms with van der Waals surface area (Å²) in [5, 5.41) is 10.8. The van der Waals surface area contributed by atoms with E-state index in [1.165, 1.54) is 5.56 Å². The molecule has 0 heterocycles. The van der Waals surface area contributed by atoms with Gasteiger partial charge in [0.2, 0.25) is 0 Å². The Morgan fingerprint density at radius 3 is 2.52 bits per heavy atom. The summed E-state index contributed by atoms with van der Waals surface area (Å²) in [7, 11) is 0. The fraction of sp³-hybridized carbons (Fsp3) is 0.333. The van der Waals surface area contributed by atoms with Crippen molar-refractivity contribution in [1.29, 1.82) is 0 Å². The molecule has 3 nitrogen and oxygen atoms in total. The summed E-state index contributed by atoms with van der Waals surface area (Å²) in [5.74, 6) is 0. The summed E-state index contributed by atoms with van der Waals surface area (Å²) in [6.07, 6.45) is 0.477. The molecule has 0 aliphatic heterocycles. The molecule has 3 heteroatoms. The van der Waals surface area contributed by atoms with E-state index >= 15 is 0 Å². The Morgan fingerprint density at radius 2 is 1.86 bits per heavy atom. The number of hydrogen-bond donors (Lipinski definition) is 2. The smallest absolute Gasteiger partial charge is 0.114 e. The highest BCUT2D eigenvalue weighted by Gasteiger charge is 2.28. The minimum Gasteiger partial charge on any atom is -0.383 e. The second-order valence-corrected chi connectivity index (χ2v) is 5.42. The quantitative estimate of drug-likeness (QED) is 0.822. The second kappa shape index (κ2) is 7.36. The van der Waals surface area contributed by atoms with Gasteiger partial charge in [-0.1, -0.05) is 60.2 Å². The van der Waals surface area contributed by atoms with Crippen LogP contribution in [0.1, 0.15) is 23.1 Å². The predicted octanol–water partition coefficient (Wildman–Crippen LogP) is 2.75. The van der Waals surface area contributed by atoms with Crippen molar-refractivity contribution < 1.29 is 9.84 Å². The third-order valence-electron chi connectivity index (χ3n) is 3.56. The zero-order valence-corrected chi connectivity index (χ0v) is 12.5. The third-order valence-corrected chi connectivity index (χ3v) is 3.56. The third kappa shape index (κ3) is 4.39. The lowest BCUT2D eigenvalue weighted by Crippen LogP contribution is -2.34. The lowest BCUT2D eigenvalue weighted by Gasteiger charge is -2.28. The highest BCUT2D eigenvalue weighted by atomic mass is 16.5. The molecular formula is C18H23NO2. The molecule has 112 valence electrons. The Balaban J connectivity index is 2.00. The summed E-state index contributed by atoms with van der Waals surface area (Å²) < 4.78 is 5.74. The summed E-state index contributed by atoms with van der Waals surface area (Å²) in [6, 6.07) is 17.8. The number of aryl methyl sites for hydroxylation is 1. The maximum atomic E-state index is 10.8. The molecule has 2 rings (SSSR count). The first-order valence-corrected chi connectivity index (χ1v) is 7.25. The average Bonchev–Trinajstić information content (AvgIpc) is 2.48. The van der Waals surface area contributed by atoms with Gasteiger partial charge in [0.05, 0.1) is 13.2 Å². The van der Waals surface area contributed by atoms with Crippen molar-refractivity contribution in [3.05, 3.63) is 71.3 Å². The standard InChI is InChI=1S/C18H23NO2/c1-15-6-5-7-16(12-15)13-21-14-18(20,10-11-19)17-8-3-2-4-9-17/h2-9,12,20H,10-11,13-14,19H2,1H3. The summed E-state index contributed by atoms with van der Waals surface area (Å²) in [4.78, 5) is 0. The van der Waals surface area contributed by atoms with Crippen molar-refractivity contribution in [1.82, 2.24) is 0 Å². The van der Waals surface area contributed by atoms with E-state index < -0.39 is 5.60 Å². The molecule has 2 aromatic carbocycles. The molecule has 0 spiro atoms. The van der Waals surface area contributed by atoms with Crippen molar-refractivity contribution in [2.45, 2.75) is 25.6 Å². The second-order valence-electron chi connectivity index (χ2n) is 5.42. The lowest BCUT2D eigenvalue weighted by atomic mass is 9.91. The molecule has 0 saturated carbocycles. The molecule has 0 amide bonds.